The van der Waals surface area contributed by atoms with Gasteiger partial charge in [-0.15, -0.1) is 0 Å². The molecule has 0 radical (unpaired) electrons. The van der Waals surface area contributed by atoms with Gasteiger partial charge in [0.05, 0.1) is 19.4 Å². The molecule has 0 saturated carbocycles. The maximum Gasteiger partial charge on any atom is 0.362 e. The van der Waals surface area contributed by atoms with Crippen LogP contribution in [-0.2, 0) is 4.74 Å². The fraction of sp³-hybridized carbons (Fsp3) is 0.545. The first kappa shape index (κ1) is 13.7. The second kappa shape index (κ2) is 5.27. The van der Waals surface area contributed by atoms with Crippen LogP contribution in [0.2, 0.25) is 0 Å². The van der Waals surface area contributed by atoms with Gasteiger partial charge in [-0.3, -0.25) is 9.78 Å². The van der Waals surface area contributed by atoms with Crippen LogP contribution in [0.5, 0.6) is 0 Å². The number of ether oxygens (including phenoxy) is 1. The van der Waals surface area contributed by atoms with Gasteiger partial charge in [-0.2, -0.15) is 4.98 Å². The Labute approximate surface area is 121 Å². The summed E-state index contributed by atoms with van der Waals surface area (Å²) in [5.41, 5.74) is 5.57. The van der Waals surface area contributed by atoms with Crippen molar-refractivity contribution in [2.45, 2.75) is 25.2 Å². The highest BCUT2D eigenvalue weighted by molar-refractivity contribution is 6.50. The Morgan fingerprint density at radius 3 is 3.10 bits per heavy atom. The minimum atomic E-state index is -0.369. The van der Waals surface area contributed by atoms with Crippen LogP contribution < -0.4 is 21.0 Å². The standard InChI is InChI=1S/C11H15BN6O3/c13-4-12-18-5-17(7-2-1-6(3-19)21-7)9-8(18)10(20)16-11(14)15-9/h6-7,12,19H,1-3,5H2,(H3,14,15,16,20)/t6-,7+/m0/s1. The van der Waals surface area contributed by atoms with Crippen LogP contribution in [0.25, 0.3) is 0 Å². The summed E-state index contributed by atoms with van der Waals surface area (Å²) in [6.45, 7) is 0.301. The third-order valence-electron chi connectivity index (χ3n) is 3.70. The predicted octanol–water partition coefficient (Wildman–Crippen LogP) is -1.73. The average Bonchev–Trinajstić information content (AvgIpc) is 3.03. The molecule has 1 aromatic rings. The molecule has 0 amide bonds. The van der Waals surface area contributed by atoms with Gasteiger partial charge in [0.2, 0.25) is 5.95 Å². The van der Waals surface area contributed by atoms with Gasteiger partial charge in [-0.1, -0.05) is 0 Å². The minimum Gasteiger partial charge on any atom is -0.394 e. The van der Waals surface area contributed by atoms with Crippen molar-refractivity contribution >= 4 is 24.9 Å². The van der Waals surface area contributed by atoms with Gasteiger partial charge in [0.25, 0.3) is 5.56 Å². The highest BCUT2D eigenvalue weighted by Crippen LogP contribution is 2.35. The maximum atomic E-state index is 12.1. The molecule has 2 aliphatic rings. The molecule has 1 saturated heterocycles. The van der Waals surface area contributed by atoms with Crippen molar-refractivity contribution in [1.29, 1.82) is 5.26 Å². The largest absolute Gasteiger partial charge is 0.394 e. The van der Waals surface area contributed by atoms with Crippen LogP contribution in [0.1, 0.15) is 12.8 Å². The number of aliphatic hydroxyl groups excluding tert-OH is 1. The van der Waals surface area contributed by atoms with Crippen molar-refractivity contribution in [1.82, 2.24) is 9.97 Å². The Kier molecular flexibility index (Phi) is 3.44. The van der Waals surface area contributed by atoms with E-state index < -0.39 is 0 Å². The molecule has 2 atom stereocenters. The Balaban J connectivity index is 1.96. The van der Waals surface area contributed by atoms with Crippen molar-refractivity contribution < 1.29 is 9.84 Å². The lowest BCUT2D eigenvalue weighted by Gasteiger charge is -2.26. The zero-order valence-corrected chi connectivity index (χ0v) is 11.3. The van der Waals surface area contributed by atoms with Crippen molar-refractivity contribution in [3.05, 3.63) is 10.4 Å². The van der Waals surface area contributed by atoms with E-state index >= 15 is 0 Å². The lowest BCUT2D eigenvalue weighted by molar-refractivity contribution is 0.0113. The molecule has 0 aromatic carbocycles. The van der Waals surface area contributed by atoms with Gasteiger partial charge in [0.1, 0.15) is 11.9 Å². The first-order chi connectivity index (χ1) is 10.1. The number of aliphatic hydroxyl groups is 1. The summed E-state index contributed by atoms with van der Waals surface area (Å²) in [6.07, 6.45) is 0.977. The van der Waals surface area contributed by atoms with Crippen molar-refractivity contribution in [2.24, 2.45) is 0 Å². The number of nitrogens with zero attached hydrogens (tertiary/aromatic N) is 4. The third-order valence-corrected chi connectivity index (χ3v) is 3.70. The summed E-state index contributed by atoms with van der Waals surface area (Å²) in [5.74, 6) is 2.48. The molecule has 1 fully saturated rings. The highest BCUT2D eigenvalue weighted by Gasteiger charge is 2.38. The number of nitriles is 1. The molecule has 0 bridgehead atoms. The smallest absolute Gasteiger partial charge is 0.362 e. The summed E-state index contributed by atoms with van der Waals surface area (Å²) in [5, 5.41) is 18.1. The van der Waals surface area contributed by atoms with Crippen LogP contribution in [0, 0.1) is 11.2 Å². The summed E-state index contributed by atoms with van der Waals surface area (Å²) >= 11 is 0. The van der Waals surface area contributed by atoms with Gasteiger partial charge in [-0.05, 0) is 12.8 Å². The monoisotopic (exact) mass is 290 g/mol. The van der Waals surface area contributed by atoms with E-state index in [1.54, 1.807) is 4.81 Å². The molecule has 4 N–H and O–H groups in total. The summed E-state index contributed by atoms with van der Waals surface area (Å²) in [4.78, 5) is 22.1. The number of hydrogen-bond donors (Lipinski definition) is 3. The van der Waals surface area contributed by atoms with E-state index in [9.17, 15) is 4.79 Å². The maximum absolute atomic E-state index is 12.1. The minimum absolute atomic E-state index is 0.0271. The first-order valence-corrected chi connectivity index (χ1v) is 6.68. The second-order valence-electron chi connectivity index (χ2n) is 5.06. The van der Waals surface area contributed by atoms with Crippen molar-refractivity contribution in [3.8, 4) is 5.97 Å². The quantitative estimate of drug-likeness (QED) is 0.559. The van der Waals surface area contributed by atoms with Crippen LogP contribution in [0.4, 0.5) is 17.5 Å². The normalized spacial score (nSPS) is 24.0. The van der Waals surface area contributed by atoms with Gasteiger partial charge in [0.15, 0.2) is 5.82 Å². The predicted molar refractivity (Wildman–Crippen MR) is 76.8 cm³/mol. The van der Waals surface area contributed by atoms with Crippen molar-refractivity contribution in [3.63, 3.8) is 0 Å². The number of H-pyrrole nitrogens is 1. The Hall–Kier alpha value is -2.25. The molecular formula is C11H15BN6O3. The summed E-state index contributed by atoms with van der Waals surface area (Å²) < 4.78 is 5.73. The number of hydrogen-bond acceptors (Lipinski definition) is 8. The number of anilines is 3. The van der Waals surface area contributed by atoms with E-state index in [1.807, 2.05) is 10.9 Å². The molecule has 1 aromatic heterocycles. The fourth-order valence-corrected chi connectivity index (χ4v) is 2.77. The summed E-state index contributed by atoms with van der Waals surface area (Å²) in [6, 6.07) is 0. The number of aromatic amines is 1. The molecule has 0 aliphatic carbocycles. The Morgan fingerprint density at radius 1 is 1.62 bits per heavy atom. The topological polar surface area (TPSA) is 132 Å². The molecule has 0 spiro atoms. The highest BCUT2D eigenvalue weighted by atomic mass is 16.5. The number of rotatable bonds is 3. The number of aromatic nitrogens is 2. The number of fused-ring (bicyclic) bond motifs is 1. The molecule has 9 nitrogen and oxygen atoms in total. The zero-order chi connectivity index (χ0) is 15.0. The average molecular weight is 290 g/mol. The molecule has 0 unspecified atom stereocenters. The van der Waals surface area contributed by atoms with E-state index in [1.165, 1.54) is 0 Å². The Morgan fingerprint density at radius 2 is 2.43 bits per heavy atom. The van der Waals surface area contributed by atoms with Gasteiger partial charge in [0, 0.05) is 5.97 Å². The molecule has 110 valence electrons. The first-order valence-electron chi connectivity index (χ1n) is 6.68. The van der Waals surface area contributed by atoms with Crippen LogP contribution in [0.3, 0.4) is 0 Å². The molecule has 3 rings (SSSR count). The van der Waals surface area contributed by atoms with Crippen molar-refractivity contribution in [2.75, 3.05) is 28.7 Å². The number of nitrogens with two attached hydrogens (primary N) is 1. The molecule has 10 heteroatoms. The Bertz CT molecular complexity index is 644. The lowest BCUT2D eigenvalue weighted by atomic mass is 9.95. The SMILES string of the molecule is N#CBN1CN([C@H]2CC[C@@H](CO)O2)c2nc(N)[nH]c(=O)c21. The van der Waals surface area contributed by atoms with Crippen LogP contribution >= 0.6 is 0 Å². The third kappa shape index (κ3) is 2.30. The zero-order valence-electron chi connectivity index (χ0n) is 11.3. The molecular weight excluding hydrogens is 275 g/mol. The lowest BCUT2D eigenvalue weighted by Crippen LogP contribution is -2.40. The van der Waals surface area contributed by atoms with Gasteiger partial charge in [-0.25, -0.2) is 5.26 Å². The molecule has 2 aliphatic heterocycles. The van der Waals surface area contributed by atoms with Crippen LogP contribution in [-0.4, -0.2) is 48.1 Å². The number of nitrogen functional groups attached to an aromatic ring is 1. The van der Waals surface area contributed by atoms with Crippen LogP contribution in [0.15, 0.2) is 4.79 Å². The van der Waals surface area contributed by atoms with E-state index in [4.69, 9.17) is 20.8 Å². The van der Waals surface area contributed by atoms with Gasteiger partial charge >= 0.3 is 7.41 Å². The van der Waals surface area contributed by atoms with E-state index in [0.717, 1.165) is 12.8 Å². The second-order valence-corrected chi connectivity index (χ2v) is 5.06. The number of nitrogens with one attached hydrogen (secondary N) is 1. The fourth-order valence-electron chi connectivity index (χ4n) is 2.77. The van der Waals surface area contributed by atoms with Gasteiger partial charge < -0.3 is 25.3 Å². The molecule has 21 heavy (non-hydrogen) atoms. The van der Waals surface area contributed by atoms with E-state index in [2.05, 4.69) is 9.97 Å². The molecule has 3 heterocycles. The van der Waals surface area contributed by atoms with E-state index in [0.29, 0.717) is 18.2 Å². The summed E-state index contributed by atoms with van der Waals surface area (Å²) in [7, 11) is 0.0777. The van der Waals surface area contributed by atoms with E-state index in [-0.39, 0.29) is 37.9 Å².